The van der Waals surface area contributed by atoms with Crippen molar-refractivity contribution in [2.45, 2.75) is 26.2 Å². The molecule has 0 aliphatic rings. The van der Waals surface area contributed by atoms with Gasteiger partial charge in [-0.25, -0.2) is 9.37 Å². The van der Waals surface area contributed by atoms with Gasteiger partial charge in [0.15, 0.2) is 5.13 Å². The Kier molecular flexibility index (Phi) is 3.76. The molecule has 2 aromatic rings. The number of halogens is 1. The molecule has 0 atom stereocenters. The van der Waals surface area contributed by atoms with Gasteiger partial charge in [-0.15, -0.1) is 11.3 Å². The molecule has 0 saturated heterocycles. The zero-order chi connectivity index (χ0) is 14.9. The molecular formula is C14H15FN2O2S. The molecule has 1 aromatic carbocycles. The standard InChI is InChI=1S/C14H15FN2O2S/c1-14(2,3)11-7-20-13(16-11)17-12(19)9-5-4-8(18)6-10(9)15/h4-7,18H,1-3H3,(H,16,17,19). The van der Waals surface area contributed by atoms with Crippen LogP contribution in [0.4, 0.5) is 9.52 Å². The zero-order valence-electron chi connectivity index (χ0n) is 11.4. The molecule has 2 rings (SSSR count). The number of aromatic hydroxyl groups is 1. The second-order valence-electron chi connectivity index (χ2n) is 5.41. The highest BCUT2D eigenvalue weighted by Gasteiger charge is 2.19. The fourth-order valence-corrected chi connectivity index (χ4v) is 2.46. The van der Waals surface area contributed by atoms with E-state index in [1.807, 2.05) is 26.2 Å². The van der Waals surface area contributed by atoms with E-state index in [1.165, 1.54) is 23.5 Å². The molecule has 1 heterocycles. The molecule has 1 aromatic heterocycles. The minimum absolute atomic E-state index is 0.108. The van der Waals surface area contributed by atoms with Crippen LogP contribution < -0.4 is 5.32 Å². The van der Waals surface area contributed by atoms with Crippen LogP contribution in [0.2, 0.25) is 0 Å². The van der Waals surface area contributed by atoms with Crippen molar-refractivity contribution in [2.75, 3.05) is 5.32 Å². The quantitative estimate of drug-likeness (QED) is 0.890. The number of rotatable bonds is 2. The molecule has 0 aliphatic heterocycles. The smallest absolute Gasteiger partial charge is 0.260 e. The molecular weight excluding hydrogens is 279 g/mol. The average Bonchev–Trinajstić information content (AvgIpc) is 2.76. The van der Waals surface area contributed by atoms with Crippen LogP contribution in [0.5, 0.6) is 5.75 Å². The van der Waals surface area contributed by atoms with Crippen molar-refractivity contribution < 1.29 is 14.3 Å². The number of benzene rings is 1. The van der Waals surface area contributed by atoms with Crippen LogP contribution in [0.25, 0.3) is 0 Å². The third-order valence-electron chi connectivity index (χ3n) is 2.69. The maximum atomic E-state index is 13.6. The van der Waals surface area contributed by atoms with Gasteiger partial charge in [0.2, 0.25) is 0 Å². The first-order chi connectivity index (χ1) is 9.27. The third kappa shape index (κ3) is 3.14. The molecule has 0 aliphatic carbocycles. The Labute approximate surface area is 120 Å². The minimum atomic E-state index is -0.768. The van der Waals surface area contributed by atoms with E-state index in [-0.39, 0.29) is 16.7 Å². The van der Waals surface area contributed by atoms with Gasteiger partial charge in [-0.1, -0.05) is 20.8 Å². The average molecular weight is 294 g/mol. The maximum Gasteiger partial charge on any atom is 0.260 e. The molecule has 20 heavy (non-hydrogen) atoms. The second kappa shape index (κ2) is 5.20. The van der Waals surface area contributed by atoms with Gasteiger partial charge in [0.05, 0.1) is 11.3 Å². The number of phenols is 1. The minimum Gasteiger partial charge on any atom is -0.508 e. The van der Waals surface area contributed by atoms with Gasteiger partial charge in [0, 0.05) is 16.9 Å². The van der Waals surface area contributed by atoms with Crippen LogP contribution in [-0.2, 0) is 5.41 Å². The number of carbonyl (C=O) groups is 1. The van der Waals surface area contributed by atoms with Gasteiger partial charge in [0.25, 0.3) is 5.91 Å². The Morgan fingerprint density at radius 1 is 1.40 bits per heavy atom. The van der Waals surface area contributed by atoms with E-state index in [4.69, 9.17) is 5.11 Å². The summed E-state index contributed by atoms with van der Waals surface area (Å²) in [6.45, 7) is 6.06. The molecule has 0 unspecified atom stereocenters. The Hall–Kier alpha value is -1.95. The number of carbonyl (C=O) groups excluding carboxylic acids is 1. The van der Waals surface area contributed by atoms with E-state index < -0.39 is 11.7 Å². The van der Waals surface area contributed by atoms with Crippen LogP contribution in [0, 0.1) is 5.82 Å². The molecule has 0 bridgehead atoms. The molecule has 2 N–H and O–H groups in total. The van der Waals surface area contributed by atoms with Gasteiger partial charge in [0.1, 0.15) is 11.6 Å². The summed E-state index contributed by atoms with van der Waals surface area (Å²) >= 11 is 1.29. The summed E-state index contributed by atoms with van der Waals surface area (Å²) in [6, 6.07) is 3.40. The Balaban J connectivity index is 2.17. The second-order valence-corrected chi connectivity index (χ2v) is 6.26. The molecule has 0 fully saturated rings. The van der Waals surface area contributed by atoms with Crippen LogP contribution in [-0.4, -0.2) is 16.0 Å². The predicted molar refractivity (Wildman–Crippen MR) is 76.8 cm³/mol. The van der Waals surface area contributed by atoms with E-state index in [2.05, 4.69) is 10.3 Å². The number of hydrogen-bond donors (Lipinski definition) is 2. The highest BCUT2D eigenvalue weighted by atomic mass is 32.1. The lowest BCUT2D eigenvalue weighted by atomic mass is 9.93. The van der Waals surface area contributed by atoms with Crippen molar-refractivity contribution in [3.05, 3.63) is 40.7 Å². The number of aromatic nitrogens is 1. The van der Waals surface area contributed by atoms with Crippen molar-refractivity contribution in [1.82, 2.24) is 4.98 Å². The van der Waals surface area contributed by atoms with Crippen LogP contribution in [0.3, 0.4) is 0 Å². The number of phenolic OH excluding ortho intramolecular Hbond substituents is 1. The number of amides is 1. The van der Waals surface area contributed by atoms with Crippen molar-refractivity contribution >= 4 is 22.4 Å². The summed E-state index contributed by atoms with van der Waals surface area (Å²) in [5.74, 6) is -1.57. The molecule has 4 nitrogen and oxygen atoms in total. The molecule has 0 radical (unpaired) electrons. The van der Waals surface area contributed by atoms with Crippen molar-refractivity contribution in [2.24, 2.45) is 0 Å². The molecule has 0 saturated carbocycles. The van der Waals surface area contributed by atoms with Crippen molar-refractivity contribution in [3.63, 3.8) is 0 Å². The fourth-order valence-electron chi connectivity index (χ4n) is 1.53. The largest absolute Gasteiger partial charge is 0.508 e. The molecule has 106 valence electrons. The summed E-state index contributed by atoms with van der Waals surface area (Å²) in [4.78, 5) is 16.2. The first kappa shape index (κ1) is 14.5. The summed E-state index contributed by atoms with van der Waals surface area (Å²) in [6.07, 6.45) is 0. The van der Waals surface area contributed by atoms with Crippen molar-refractivity contribution in [3.8, 4) is 5.75 Å². The normalized spacial score (nSPS) is 11.4. The number of hydrogen-bond acceptors (Lipinski definition) is 4. The van der Waals surface area contributed by atoms with Gasteiger partial charge in [-0.3, -0.25) is 10.1 Å². The Bertz CT molecular complexity index is 647. The predicted octanol–water partition coefficient (Wildman–Crippen LogP) is 3.54. The SMILES string of the molecule is CC(C)(C)c1csc(NC(=O)c2ccc(O)cc2F)n1. The van der Waals surface area contributed by atoms with E-state index in [0.717, 1.165) is 11.8 Å². The van der Waals surface area contributed by atoms with Crippen LogP contribution in [0.15, 0.2) is 23.6 Å². The van der Waals surface area contributed by atoms with E-state index >= 15 is 0 Å². The highest BCUT2D eigenvalue weighted by Crippen LogP contribution is 2.26. The molecule has 6 heteroatoms. The maximum absolute atomic E-state index is 13.6. The zero-order valence-corrected chi connectivity index (χ0v) is 12.2. The van der Waals surface area contributed by atoms with Gasteiger partial charge in [-0.2, -0.15) is 0 Å². The number of thiazole rings is 1. The summed E-state index contributed by atoms with van der Waals surface area (Å²) in [7, 11) is 0. The van der Waals surface area contributed by atoms with E-state index in [0.29, 0.717) is 5.13 Å². The lowest BCUT2D eigenvalue weighted by Crippen LogP contribution is -2.15. The summed E-state index contributed by atoms with van der Waals surface area (Å²) in [5.41, 5.74) is 0.628. The van der Waals surface area contributed by atoms with Crippen LogP contribution >= 0.6 is 11.3 Å². The lowest BCUT2D eigenvalue weighted by Gasteiger charge is -2.14. The van der Waals surface area contributed by atoms with Crippen LogP contribution in [0.1, 0.15) is 36.8 Å². The summed E-state index contributed by atoms with van der Waals surface area (Å²) in [5, 5.41) is 14.0. The number of nitrogens with one attached hydrogen (secondary N) is 1. The third-order valence-corrected chi connectivity index (χ3v) is 3.45. The fraction of sp³-hybridized carbons (Fsp3) is 0.286. The van der Waals surface area contributed by atoms with Gasteiger partial charge in [-0.05, 0) is 12.1 Å². The Morgan fingerprint density at radius 2 is 2.10 bits per heavy atom. The monoisotopic (exact) mass is 294 g/mol. The Morgan fingerprint density at radius 3 is 2.65 bits per heavy atom. The number of nitrogens with zero attached hydrogens (tertiary/aromatic N) is 1. The van der Waals surface area contributed by atoms with Crippen molar-refractivity contribution in [1.29, 1.82) is 0 Å². The van der Waals surface area contributed by atoms with E-state index in [9.17, 15) is 9.18 Å². The first-order valence-corrected chi connectivity index (χ1v) is 6.91. The molecule has 1 amide bonds. The van der Waals surface area contributed by atoms with Gasteiger partial charge < -0.3 is 5.11 Å². The first-order valence-electron chi connectivity index (χ1n) is 6.03. The molecule has 0 spiro atoms. The van der Waals surface area contributed by atoms with Gasteiger partial charge >= 0.3 is 0 Å². The highest BCUT2D eigenvalue weighted by molar-refractivity contribution is 7.14. The summed E-state index contributed by atoms with van der Waals surface area (Å²) < 4.78 is 13.6. The topological polar surface area (TPSA) is 62.2 Å². The lowest BCUT2D eigenvalue weighted by molar-refractivity contribution is 0.102. The van der Waals surface area contributed by atoms with E-state index in [1.54, 1.807) is 0 Å². The number of anilines is 1.